The van der Waals surface area contributed by atoms with Crippen LogP contribution in [0.5, 0.6) is 17.2 Å². The Bertz CT molecular complexity index is 775. The minimum absolute atomic E-state index is 0.0155. The molecule has 1 saturated heterocycles. The summed E-state index contributed by atoms with van der Waals surface area (Å²) in [5.74, 6) is 0.847. The zero-order valence-electron chi connectivity index (χ0n) is 16.2. The topological polar surface area (TPSA) is 71.4 Å². The van der Waals surface area contributed by atoms with Crippen LogP contribution in [0.4, 0.5) is 18.9 Å². The Morgan fingerprint density at radius 2 is 1.50 bits per heavy atom. The molecule has 0 aromatic heterocycles. The van der Waals surface area contributed by atoms with Gasteiger partial charge in [-0.15, -0.1) is 13.2 Å². The van der Waals surface area contributed by atoms with E-state index in [1.807, 2.05) is 24.3 Å². The minimum Gasteiger partial charge on any atom is -0.491 e. The van der Waals surface area contributed by atoms with Gasteiger partial charge in [0.05, 0.1) is 6.61 Å². The number of benzene rings is 2. The van der Waals surface area contributed by atoms with Gasteiger partial charge in [-0.3, -0.25) is 0 Å². The molecule has 2 N–H and O–H groups in total. The fourth-order valence-corrected chi connectivity index (χ4v) is 3.14. The van der Waals surface area contributed by atoms with Crippen molar-refractivity contribution in [2.24, 2.45) is 0 Å². The van der Waals surface area contributed by atoms with Gasteiger partial charge in [-0.25, -0.2) is 0 Å². The number of anilines is 1. The summed E-state index contributed by atoms with van der Waals surface area (Å²) < 4.78 is 51.8. The summed E-state index contributed by atoms with van der Waals surface area (Å²) in [6, 6.07) is 12.9. The van der Waals surface area contributed by atoms with E-state index >= 15 is 0 Å². The number of halogens is 3. The Morgan fingerprint density at radius 1 is 0.933 bits per heavy atom. The van der Waals surface area contributed by atoms with Crippen LogP contribution in [-0.2, 0) is 0 Å². The Balaban J connectivity index is 1.45. The monoisotopic (exact) mass is 427 g/mol. The highest BCUT2D eigenvalue weighted by Crippen LogP contribution is 2.28. The fraction of sp³-hybridized carbons (Fsp3) is 0.429. The average Bonchev–Trinajstić information content (AvgIpc) is 2.73. The number of alkyl halides is 3. The molecule has 30 heavy (non-hydrogen) atoms. The second-order valence-corrected chi connectivity index (χ2v) is 6.96. The molecule has 0 bridgehead atoms. The molecule has 0 spiro atoms. The molecule has 2 aromatic carbocycles. The predicted octanol–water partition coefficient (Wildman–Crippen LogP) is 3.37. The lowest BCUT2D eigenvalue weighted by atomic mass is 10.1. The van der Waals surface area contributed by atoms with E-state index in [2.05, 4.69) is 9.64 Å². The van der Waals surface area contributed by atoms with Crippen LogP contribution < -0.4 is 19.1 Å². The van der Waals surface area contributed by atoms with E-state index in [1.165, 1.54) is 24.3 Å². The average molecular weight is 427 g/mol. The molecule has 1 fully saturated rings. The van der Waals surface area contributed by atoms with E-state index in [4.69, 9.17) is 14.6 Å². The van der Waals surface area contributed by atoms with E-state index in [0.29, 0.717) is 11.5 Å². The van der Waals surface area contributed by atoms with Crippen molar-refractivity contribution in [2.75, 3.05) is 31.2 Å². The van der Waals surface area contributed by atoms with Crippen LogP contribution in [0, 0.1) is 0 Å². The number of aliphatic hydroxyl groups is 2. The molecule has 0 aliphatic carbocycles. The number of aliphatic hydroxyl groups excluding tert-OH is 2. The lowest BCUT2D eigenvalue weighted by Crippen LogP contribution is -2.38. The second kappa shape index (κ2) is 9.90. The van der Waals surface area contributed by atoms with E-state index in [9.17, 15) is 18.3 Å². The smallest absolute Gasteiger partial charge is 0.491 e. The van der Waals surface area contributed by atoms with E-state index in [0.717, 1.165) is 31.6 Å². The molecule has 1 heterocycles. The van der Waals surface area contributed by atoms with Gasteiger partial charge in [0.2, 0.25) is 0 Å². The molecule has 0 saturated carbocycles. The molecule has 1 unspecified atom stereocenters. The predicted molar refractivity (Wildman–Crippen MR) is 104 cm³/mol. The van der Waals surface area contributed by atoms with Gasteiger partial charge in [0.15, 0.2) is 0 Å². The maximum atomic E-state index is 12.2. The van der Waals surface area contributed by atoms with Crippen molar-refractivity contribution in [2.45, 2.75) is 31.4 Å². The molecule has 1 atom stereocenters. The SMILES string of the molecule is OCC(O)COc1ccc(N2CCC(Oc3ccc(OC(F)(F)F)cc3)CC2)cc1. The van der Waals surface area contributed by atoms with Gasteiger partial charge in [-0.2, -0.15) is 0 Å². The highest BCUT2D eigenvalue weighted by atomic mass is 19.4. The van der Waals surface area contributed by atoms with Crippen LogP contribution in [0.2, 0.25) is 0 Å². The van der Waals surface area contributed by atoms with Crippen molar-refractivity contribution < 1.29 is 37.6 Å². The minimum atomic E-state index is -4.71. The molecule has 6 nitrogen and oxygen atoms in total. The van der Waals surface area contributed by atoms with Crippen LogP contribution in [0.3, 0.4) is 0 Å². The van der Waals surface area contributed by atoms with Crippen LogP contribution in [0.15, 0.2) is 48.5 Å². The number of ether oxygens (including phenoxy) is 3. The van der Waals surface area contributed by atoms with Crippen molar-refractivity contribution in [3.05, 3.63) is 48.5 Å². The molecular formula is C21H24F3NO5. The second-order valence-electron chi connectivity index (χ2n) is 6.96. The highest BCUT2D eigenvalue weighted by molar-refractivity contribution is 5.49. The first-order chi connectivity index (χ1) is 14.3. The van der Waals surface area contributed by atoms with Crippen molar-refractivity contribution in [1.82, 2.24) is 0 Å². The molecule has 1 aliphatic heterocycles. The van der Waals surface area contributed by atoms with Crippen molar-refractivity contribution in [3.8, 4) is 17.2 Å². The van der Waals surface area contributed by atoms with Crippen molar-refractivity contribution in [1.29, 1.82) is 0 Å². The number of hydrogen-bond acceptors (Lipinski definition) is 6. The number of nitrogens with zero attached hydrogens (tertiary/aromatic N) is 1. The van der Waals surface area contributed by atoms with Crippen molar-refractivity contribution in [3.63, 3.8) is 0 Å². The lowest BCUT2D eigenvalue weighted by molar-refractivity contribution is -0.274. The Labute approximate surface area is 172 Å². The Hall–Kier alpha value is -2.65. The first-order valence-electron chi connectivity index (χ1n) is 9.61. The van der Waals surface area contributed by atoms with Crippen LogP contribution in [-0.4, -0.2) is 55.1 Å². The molecule has 3 rings (SSSR count). The molecule has 0 radical (unpaired) electrons. The third-order valence-corrected chi connectivity index (χ3v) is 4.66. The summed E-state index contributed by atoms with van der Waals surface area (Å²) >= 11 is 0. The molecule has 1 aliphatic rings. The molecular weight excluding hydrogens is 403 g/mol. The van der Waals surface area contributed by atoms with Crippen LogP contribution in [0.1, 0.15) is 12.8 Å². The van der Waals surface area contributed by atoms with E-state index in [1.54, 1.807) is 0 Å². The summed E-state index contributed by atoms with van der Waals surface area (Å²) in [5, 5.41) is 18.1. The molecule has 9 heteroatoms. The summed E-state index contributed by atoms with van der Waals surface area (Å²) in [6.45, 7) is 1.25. The first-order valence-corrected chi connectivity index (χ1v) is 9.61. The van der Waals surface area contributed by atoms with Crippen LogP contribution in [0.25, 0.3) is 0 Å². The number of rotatable bonds is 8. The first kappa shape index (κ1) is 22.0. The van der Waals surface area contributed by atoms with Gasteiger partial charge < -0.3 is 29.3 Å². The van der Waals surface area contributed by atoms with E-state index in [-0.39, 0.29) is 25.1 Å². The van der Waals surface area contributed by atoms with Gasteiger partial charge in [-0.1, -0.05) is 0 Å². The van der Waals surface area contributed by atoms with E-state index < -0.39 is 12.5 Å². The molecule has 2 aromatic rings. The third kappa shape index (κ3) is 6.70. The fourth-order valence-electron chi connectivity index (χ4n) is 3.14. The Morgan fingerprint density at radius 3 is 2.07 bits per heavy atom. The van der Waals surface area contributed by atoms with Gasteiger partial charge in [-0.05, 0) is 48.5 Å². The summed E-state index contributed by atoms with van der Waals surface area (Å²) in [7, 11) is 0. The molecule has 164 valence electrons. The maximum Gasteiger partial charge on any atom is 0.573 e. The Kier molecular flexibility index (Phi) is 7.28. The summed E-state index contributed by atoms with van der Waals surface area (Å²) in [6.07, 6.45) is -4.07. The number of hydrogen-bond donors (Lipinski definition) is 2. The van der Waals surface area contributed by atoms with Gasteiger partial charge in [0.1, 0.15) is 36.1 Å². The lowest BCUT2D eigenvalue weighted by Gasteiger charge is -2.33. The van der Waals surface area contributed by atoms with Gasteiger partial charge in [0.25, 0.3) is 0 Å². The van der Waals surface area contributed by atoms with Crippen LogP contribution >= 0.6 is 0 Å². The maximum absolute atomic E-state index is 12.2. The highest BCUT2D eigenvalue weighted by Gasteiger charge is 2.31. The number of piperidine rings is 1. The third-order valence-electron chi connectivity index (χ3n) is 4.66. The zero-order chi connectivity index (χ0) is 21.6. The summed E-state index contributed by atoms with van der Waals surface area (Å²) in [4.78, 5) is 2.21. The van der Waals surface area contributed by atoms with Gasteiger partial charge >= 0.3 is 6.36 Å². The zero-order valence-corrected chi connectivity index (χ0v) is 16.2. The quantitative estimate of drug-likeness (QED) is 0.673. The largest absolute Gasteiger partial charge is 0.573 e. The van der Waals surface area contributed by atoms with Crippen molar-refractivity contribution >= 4 is 5.69 Å². The molecule has 0 amide bonds. The normalized spacial score (nSPS) is 16.2. The standard InChI is InChI=1S/C21H24F3NO5/c22-21(23,24)30-20-7-5-18(6-8-20)29-19-9-11-25(12-10-19)15-1-3-17(4-2-15)28-14-16(27)13-26/h1-8,16,19,26-27H,9-14H2. The summed E-state index contributed by atoms with van der Waals surface area (Å²) in [5.41, 5.74) is 1.04. The van der Waals surface area contributed by atoms with Gasteiger partial charge in [0, 0.05) is 31.6 Å².